The Kier molecular flexibility index (Phi) is 5.69. The Morgan fingerprint density at radius 1 is 1.08 bits per heavy atom. The average Bonchev–Trinajstić information content (AvgIpc) is 3.16. The van der Waals surface area contributed by atoms with Crippen LogP contribution in [0.3, 0.4) is 0 Å². The summed E-state index contributed by atoms with van der Waals surface area (Å²) in [6.45, 7) is 4.38. The minimum Gasteiger partial charge on any atom is -0.481 e. The van der Waals surface area contributed by atoms with Crippen LogP contribution in [-0.4, -0.2) is 27.6 Å². The van der Waals surface area contributed by atoms with Gasteiger partial charge in [-0.15, -0.1) is 0 Å². The molecule has 1 heterocycles. The third kappa shape index (κ3) is 4.72. The van der Waals surface area contributed by atoms with Crippen molar-refractivity contribution in [3.8, 4) is 16.9 Å². The van der Waals surface area contributed by atoms with E-state index >= 15 is 0 Å². The van der Waals surface area contributed by atoms with Gasteiger partial charge >= 0.3 is 0 Å². The second-order valence-corrected chi connectivity index (χ2v) is 6.32. The minimum atomic E-state index is -0.567. The number of hydrogen-bond donors (Lipinski definition) is 1. The molecule has 0 bridgehead atoms. The van der Waals surface area contributed by atoms with Gasteiger partial charge in [0.05, 0.1) is 6.33 Å². The van der Waals surface area contributed by atoms with Crippen molar-refractivity contribution in [2.24, 2.45) is 0 Å². The second-order valence-electron chi connectivity index (χ2n) is 6.32. The van der Waals surface area contributed by atoms with Crippen LogP contribution >= 0.6 is 0 Å². The Morgan fingerprint density at radius 2 is 1.77 bits per heavy atom. The number of hydrogen-bond acceptors (Lipinski definition) is 3. The molecule has 134 valence electrons. The van der Waals surface area contributed by atoms with Crippen molar-refractivity contribution in [2.75, 3.05) is 0 Å². The molecular formula is C21H23N3O2. The van der Waals surface area contributed by atoms with E-state index in [1.165, 1.54) is 0 Å². The normalized spacial score (nSPS) is 13.0. The van der Waals surface area contributed by atoms with Crippen LogP contribution in [0.2, 0.25) is 0 Å². The van der Waals surface area contributed by atoms with Gasteiger partial charge in [0.15, 0.2) is 6.10 Å². The number of carbonyl (C=O) groups excluding carboxylic acids is 1. The summed E-state index contributed by atoms with van der Waals surface area (Å²) in [7, 11) is 0. The zero-order valence-electron chi connectivity index (χ0n) is 15.0. The summed E-state index contributed by atoms with van der Waals surface area (Å²) in [6.07, 6.45) is 4.76. The lowest BCUT2D eigenvalue weighted by Crippen LogP contribution is -2.42. The summed E-state index contributed by atoms with van der Waals surface area (Å²) >= 11 is 0. The van der Waals surface area contributed by atoms with E-state index in [4.69, 9.17) is 4.74 Å². The topological polar surface area (TPSA) is 56.2 Å². The maximum atomic E-state index is 12.3. The van der Waals surface area contributed by atoms with E-state index in [2.05, 4.69) is 22.4 Å². The highest BCUT2D eigenvalue weighted by Crippen LogP contribution is 2.22. The van der Waals surface area contributed by atoms with E-state index in [0.29, 0.717) is 12.3 Å². The highest BCUT2D eigenvalue weighted by atomic mass is 16.5. The van der Waals surface area contributed by atoms with Crippen molar-refractivity contribution in [3.63, 3.8) is 0 Å². The number of aromatic nitrogens is 2. The molecule has 26 heavy (non-hydrogen) atoms. The Bertz CT molecular complexity index is 814. The van der Waals surface area contributed by atoms with Gasteiger partial charge in [-0.25, -0.2) is 4.98 Å². The Balaban J connectivity index is 1.53. The third-order valence-corrected chi connectivity index (χ3v) is 4.08. The van der Waals surface area contributed by atoms with Gasteiger partial charge in [0.25, 0.3) is 5.91 Å². The third-order valence-electron chi connectivity index (χ3n) is 4.08. The molecule has 0 unspecified atom stereocenters. The van der Waals surface area contributed by atoms with Crippen LogP contribution in [0.15, 0.2) is 73.3 Å². The van der Waals surface area contributed by atoms with Crippen molar-refractivity contribution in [3.05, 3.63) is 73.3 Å². The first-order valence-electron chi connectivity index (χ1n) is 8.70. The van der Waals surface area contributed by atoms with Crippen molar-refractivity contribution in [2.45, 2.75) is 32.5 Å². The van der Waals surface area contributed by atoms with Gasteiger partial charge in [0, 0.05) is 25.0 Å². The number of rotatable bonds is 7. The molecule has 0 fully saturated rings. The number of benzene rings is 2. The largest absolute Gasteiger partial charge is 0.481 e. The van der Waals surface area contributed by atoms with Crippen LogP contribution < -0.4 is 10.1 Å². The van der Waals surface area contributed by atoms with Gasteiger partial charge in [-0.3, -0.25) is 4.79 Å². The van der Waals surface area contributed by atoms with E-state index in [-0.39, 0.29) is 11.9 Å². The average molecular weight is 349 g/mol. The van der Waals surface area contributed by atoms with Crippen molar-refractivity contribution >= 4 is 5.91 Å². The van der Waals surface area contributed by atoms with Crippen LogP contribution in [-0.2, 0) is 11.3 Å². The van der Waals surface area contributed by atoms with Crippen molar-refractivity contribution < 1.29 is 9.53 Å². The zero-order chi connectivity index (χ0) is 18.4. The Hall–Kier alpha value is -3.08. The summed E-state index contributed by atoms with van der Waals surface area (Å²) < 4.78 is 7.70. The van der Waals surface area contributed by atoms with Gasteiger partial charge in [-0.05, 0) is 37.1 Å². The smallest absolute Gasteiger partial charge is 0.261 e. The number of amides is 1. The monoisotopic (exact) mass is 349 g/mol. The summed E-state index contributed by atoms with van der Waals surface area (Å²) in [5.41, 5.74) is 2.27. The molecule has 5 nitrogen and oxygen atoms in total. The molecule has 0 spiro atoms. The first-order valence-corrected chi connectivity index (χ1v) is 8.70. The molecule has 1 amide bonds. The predicted molar refractivity (Wildman–Crippen MR) is 102 cm³/mol. The quantitative estimate of drug-likeness (QED) is 0.710. The van der Waals surface area contributed by atoms with Gasteiger partial charge in [-0.1, -0.05) is 42.5 Å². The van der Waals surface area contributed by atoms with E-state index in [9.17, 15) is 4.79 Å². The summed E-state index contributed by atoms with van der Waals surface area (Å²) in [5, 5.41) is 2.96. The van der Waals surface area contributed by atoms with Gasteiger partial charge in [-0.2, -0.15) is 0 Å². The van der Waals surface area contributed by atoms with Crippen LogP contribution in [0.1, 0.15) is 13.8 Å². The van der Waals surface area contributed by atoms with Crippen molar-refractivity contribution in [1.29, 1.82) is 0 Å². The van der Waals surface area contributed by atoms with Crippen LogP contribution in [0.4, 0.5) is 0 Å². The molecule has 3 rings (SSSR count). The van der Waals surface area contributed by atoms with Gasteiger partial charge < -0.3 is 14.6 Å². The van der Waals surface area contributed by atoms with Crippen LogP contribution in [0, 0.1) is 0 Å². The molecule has 0 aliphatic carbocycles. The van der Waals surface area contributed by atoms with Crippen molar-refractivity contribution in [1.82, 2.24) is 14.9 Å². The SMILES string of the molecule is C[C@@H](Cn1ccnc1)NC(=O)[C@@H](C)Oc1ccc(-c2ccccc2)cc1. The number of nitrogens with zero attached hydrogens (tertiary/aromatic N) is 2. The zero-order valence-corrected chi connectivity index (χ0v) is 15.0. The lowest BCUT2D eigenvalue weighted by atomic mass is 10.1. The summed E-state index contributed by atoms with van der Waals surface area (Å²) in [6, 6.07) is 17.9. The van der Waals surface area contributed by atoms with Gasteiger partial charge in [0.2, 0.25) is 0 Å². The molecule has 1 N–H and O–H groups in total. The lowest BCUT2D eigenvalue weighted by molar-refractivity contribution is -0.127. The van der Waals surface area contributed by atoms with E-state index in [0.717, 1.165) is 11.1 Å². The number of nitrogens with one attached hydrogen (secondary N) is 1. The predicted octanol–water partition coefficient (Wildman–Crippen LogP) is 3.52. The number of ether oxygens (including phenoxy) is 1. The van der Waals surface area contributed by atoms with E-state index in [1.54, 1.807) is 19.4 Å². The molecule has 0 saturated heterocycles. The summed E-state index contributed by atoms with van der Waals surface area (Å²) in [5.74, 6) is 0.541. The fourth-order valence-electron chi connectivity index (χ4n) is 2.73. The Morgan fingerprint density at radius 3 is 2.42 bits per heavy atom. The second kappa shape index (κ2) is 8.34. The standard InChI is InChI=1S/C21H23N3O2/c1-16(14-24-13-12-22-15-24)23-21(25)17(2)26-20-10-8-19(9-11-20)18-6-4-3-5-7-18/h3-13,15-17H,14H2,1-2H3,(H,23,25)/t16-,17+/m0/s1. The first kappa shape index (κ1) is 17.7. The van der Waals surface area contributed by atoms with E-state index < -0.39 is 6.10 Å². The van der Waals surface area contributed by atoms with Crippen LogP contribution in [0.5, 0.6) is 5.75 Å². The first-order chi connectivity index (χ1) is 12.6. The fourth-order valence-corrected chi connectivity index (χ4v) is 2.73. The highest BCUT2D eigenvalue weighted by Gasteiger charge is 2.17. The molecule has 1 aromatic heterocycles. The molecule has 3 aromatic rings. The lowest BCUT2D eigenvalue weighted by Gasteiger charge is -2.19. The molecule has 0 aliphatic rings. The molecule has 5 heteroatoms. The molecular weight excluding hydrogens is 326 g/mol. The van der Waals surface area contributed by atoms with Gasteiger partial charge in [0.1, 0.15) is 5.75 Å². The minimum absolute atomic E-state index is 0.0109. The van der Waals surface area contributed by atoms with Crippen LogP contribution in [0.25, 0.3) is 11.1 Å². The fraction of sp³-hybridized carbons (Fsp3) is 0.238. The summed E-state index contributed by atoms with van der Waals surface area (Å²) in [4.78, 5) is 16.3. The highest BCUT2D eigenvalue weighted by molar-refractivity contribution is 5.81. The molecule has 2 aromatic carbocycles. The molecule has 0 radical (unpaired) electrons. The molecule has 0 aliphatic heterocycles. The van der Waals surface area contributed by atoms with E-state index in [1.807, 2.05) is 60.2 Å². The molecule has 2 atom stereocenters. The number of carbonyl (C=O) groups is 1. The number of imidazole rings is 1. The maximum Gasteiger partial charge on any atom is 0.261 e. The Labute approximate surface area is 153 Å². The molecule has 0 saturated carbocycles. The maximum absolute atomic E-state index is 12.3.